The van der Waals surface area contributed by atoms with Crippen LogP contribution in [0.2, 0.25) is 0 Å². The highest BCUT2D eigenvalue weighted by Crippen LogP contribution is 2.30. The summed E-state index contributed by atoms with van der Waals surface area (Å²) in [5.41, 5.74) is 3.61. The molecule has 0 aliphatic heterocycles. The summed E-state index contributed by atoms with van der Waals surface area (Å²) in [5, 5.41) is 12.5. The zero-order valence-electron chi connectivity index (χ0n) is 14.5. The lowest BCUT2D eigenvalue weighted by Crippen LogP contribution is -1.90. The molecule has 3 aromatic rings. The minimum atomic E-state index is 0.565. The number of nitrogens with zero attached hydrogens (tertiary/aromatic N) is 2. The average Bonchev–Trinajstić information content (AvgIpc) is 3.08. The lowest BCUT2D eigenvalue weighted by Gasteiger charge is -2.06. The van der Waals surface area contributed by atoms with E-state index in [1.807, 2.05) is 24.3 Å². The van der Waals surface area contributed by atoms with Crippen molar-refractivity contribution < 1.29 is 4.74 Å². The Hall–Kier alpha value is -2.05. The average molecular weight is 372 g/mol. The summed E-state index contributed by atoms with van der Waals surface area (Å²) in [7, 11) is 1.66. The van der Waals surface area contributed by atoms with Gasteiger partial charge >= 0.3 is 0 Å². The van der Waals surface area contributed by atoms with Crippen LogP contribution in [0.25, 0.3) is 0 Å². The number of benzene rings is 2. The normalized spacial score (nSPS) is 10.9. The molecule has 0 fully saturated rings. The highest BCUT2D eigenvalue weighted by molar-refractivity contribution is 8.00. The van der Waals surface area contributed by atoms with Crippen LogP contribution in [0.3, 0.4) is 0 Å². The molecule has 130 valence electrons. The molecular formula is C19H21N3OS2. The lowest BCUT2D eigenvalue weighted by atomic mass is 10.0. The van der Waals surface area contributed by atoms with E-state index < -0.39 is 0 Å². The number of hydrogen-bond acceptors (Lipinski definition) is 6. The predicted molar refractivity (Wildman–Crippen MR) is 106 cm³/mol. The molecule has 0 radical (unpaired) electrons. The second-order valence-corrected chi connectivity index (χ2v) is 8.12. The van der Waals surface area contributed by atoms with Crippen LogP contribution in [0.5, 0.6) is 5.75 Å². The first-order valence-corrected chi connectivity index (χ1v) is 9.90. The van der Waals surface area contributed by atoms with Crippen molar-refractivity contribution >= 4 is 33.9 Å². The number of nitrogens with one attached hydrogen (secondary N) is 1. The van der Waals surface area contributed by atoms with Crippen LogP contribution >= 0.6 is 23.1 Å². The molecule has 4 nitrogen and oxygen atoms in total. The van der Waals surface area contributed by atoms with Crippen molar-refractivity contribution in [1.29, 1.82) is 0 Å². The van der Waals surface area contributed by atoms with Gasteiger partial charge in [-0.15, -0.1) is 10.2 Å². The Balaban J connectivity index is 1.58. The van der Waals surface area contributed by atoms with Gasteiger partial charge in [0.05, 0.1) is 7.11 Å². The quantitative estimate of drug-likeness (QED) is 0.539. The van der Waals surface area contributed by atoms with Crippen molar-refractivity contribution in [3.05, 3.63) is 59.7 Å². The van der Waals surface area contributed by atoms with Crippen LogP contribution in [-0.2, 0) is 5.75 Å². The molecule has 0 amide bonds. The summed E-state index contributed by atoms with van der Waals surface area (Å²) in [6, 6.07) is 16.6. The summed E-state index contributed by atoms with van der Waals surface area (Å²) >= 11 is 3.26. The second-order valence-electron chi connectivity index (χ2n) is 5.92. The molecule has 1 aromatic heterocycles. The van der Waals surface area contributed by atoms with E-state index in [4.69, 9.17) is 4.74 Å². The van der Waals surface area contributed by atoms with E-state index in [1.165, 1.54) is 11.1 Å². The van der Waals surface area contributed by atoms with Gasteiger partial charge in [-0.25, -0.2) is 0 Å². The fourth-order valence-electron chi connectivity index (χ4n) is 2.29. The molecule has 0 unspecified atom stereocenters. The SMILES string of the molecule is COc1cccc(Nc2nnc(SCc3ccc(C(C)C)cc3)s2)c1. The van der Waals surface area contributed by atoms with Gasteiger partial charge in [-0.3, -0.25) is 0 Å². The van der Waals surface area contributed by atoms with Crippen LogP contribution < -0.4 is 10.1 Å². The summed E-state index contributed by atoms with van der Waals surface area (Å²) < 4.78 is 6.19. The number of ether oxygens (including phenoxy) is 1. The van der Waals surface area contributed by atoms with E-state index >= 15 is 0 Å². The van der Waals surface area contributed by atoms with Gasteiger partial charge in [0.2, 0.25) is 5.13 Å². The maximum atomic E-state index is 5.23. The molecule has 3 rings (SSSR count). The molecule has 0 aliphatic rings. The van der Waals surface area contributed by atoms with Crippen molar-refractivity contribution in [1.82, 2.24) is 10.2 Å². The van der Waals surface area contributed by atoms with Gasteiger partial charge in [0.25, 0.3) is 0 Å². The number of aromatic nitrogens is 2. The van der Waals surface area contributed by atoms with E-state index in [2.05, 4.69) is 53.6 Å². The monoisotopic (exact) mass is 371 g/mol. The number of hydrogen-bond donors (Lipinski definition) is 1. The molecule has 2 aromatic carbocycles. The lowest BCUT2D eigenvalue weighted by molar-refractivity contribution is 0.415. The molecule has 1 heterocycles. The van der Waals surface area contributed by atoms with E-state index in [9.17, 15) is 0 Å². The third-order valence-electron chi connectivity index (χ3n) is 3.74. The standard InChI is InChI=1S/C19H21N3OS2/c1-13(2)15-9-7-14(8-10-15)12-24-19-22-21-18(25-19)20-16-5-4-6-17(11-16)23-3/h4-11,13H,12H2,1-3H3,(H,20,21). The van der Waals surface area contributed by atoms with Crippen LogP contribution in [0.15, 0.2) is 52.9 Å². The zero-order valence-corrected chi connectivity index (χ0v) is 16.2. The molecule has 6 heteroatoms. The number of thioether (sulfide) groups is 1. The van der Waals surface area contributed by atoms with Crippen LogP contribution in [0, 0.1) is 0 Å². The summed E-state index contributed by atoms with van der Waals surface area (Å²) in [6.07, 6.45) is 0. The molecule has 0 spiro atoms. The number of rotatable bonds is 7. The van der Waals surface area contributed by atoms with E-state index in [1.54, 1.807) is 30.2 Å². The van der Waals surface area contributed by atoms with Crippen molar-refractivity contribution in [3.8, 4) is 5.75 Å². The van der Waals surface area contributed by atoms with Gasteiger partial charge in [0.1, 0.15) is 5.75 Å². The Morgan fingerprint density at radius 1 is 1.12 bits per heavy atom. The largest absolute Gasteiger partial charge is 0.497 e. The molecular weight excluding hydrogens is 350 g/mol. The predicted octanol–water partition coefficient (Wildman–Crippen LogP) is 5.71. The smallest absolute Gasteiger partial charge is 0.210 e. The van der Waals surface area contributed by atoms with Gasteiger partial charge in [0.15, 0.2) is 4.34 Å². The number of anilines is 2. The Morgan fingerprint density at radius 3 is 2.64 bits per heavy atom. The Morgan fingerprint density at radius 2 is 1.92 bits per heavy atom. The van der Waals surface area contributed by atoms with Gasteiger partial charge in [-0.05, 0) is 29.2 Å². The third-order valence-corrected chi connectivity index (χ3v) is 5.78. The minimum absolute atomic E-state index is 0.565. The molecule has 25 heavy (non-hydrogen) atoms. The first-order valence-electron chi connectivity index (χ1n) is 8.10. The van der Waals surface area contributed by atoms with Crippen molar-refractivity contribution in [2.45, 2.75) is 29.9 Å². The first-order chi connectivity index (χ1) is 12.1. The van der Waals surface area contributed by atoms with Crippen molar-refractivity contribution in [2.24, 2.45) is 0 Å². The van der Waals surface area contributed by atoms with Crippen molar-refractivity contribution in [3.63, 3.8) is 0 Å². The molecule has 0 atom stereocenters. The fourth-order valence-corrected chi connectivity index (χ4v) is 4.01. The first kappa shape index (κ1) is 17.8. The topological polar surface area (TPSA) is 47.0 Å². The summed E-state index contributed by atoms with van der Waals surface area (Å²) in [6.45, 7) is 4.42. The van der Waals surface area contributed by atoms with E-state index in [-0.39, 0.29) is 0 Å². The van der Waals surface area contributed by atoms with Crippen LogP contribution in [-0.4, -0.2) is 17.3 Å². The van der Waals surface area contributed by atoms with Gasteiger partial charge < -0.3 is 10.1 Å². The summed E-state index contributed by atoms with van der Waals surface area (Å²) in [4.78, 5) is 0. The Labute approximate surface area is 156 Å². The zero-order chi connectivity index (χ0) is 17.6. The third kappa shape index (κ3) is 4.96. The molecule has 0 aliphatic carbocycles. The minimum Gasteiger partial charge on any atom is -0.497 e. The van der Waals surface area contributed by atoms with Gasteiger partial charge in [-0.1, -0.05) is 67.3 Å². The Bertz CT molecular complexity index is 816. The molecule has 1 N–H and O–H groups in total. The highest BCUT2D eigenvalue weighted by atomic mass is 32.2. The van der Waals surface area contributed by atoms with Crippen LogP contribution in [0.4, 0.5) is 10.8 Å². The highest BCUT2D eigenvalue weighted by Gasteiger charge is 2.07. The maximum Gasteiger partial charge on any atom is 0.210 e. The Kier molecular flexibility index (Phi) is 5.94. The number of methoxy groups -OCH3 is 1. The van der Waals surface area contributed by atoms with Gasteiger partial charge in [0, 0.05) is 17.5 Å². The molecule has 0 bridgehead atoms. The van der Waals surface area contributed by atoms with Gasteiger partial charge in [-0.2, -0.15) is 0 Å². The van der Waals surface area contributed by atoms with E-state index in [0.717, 1.165) is 26.7 Å². The van der Waals surface area contributed by atoms with Crippen molar-refractivity contribution in [2.75, 3.05) is 12.4 Å². The summed E-state index contributed by atoms with van der Waals surface area (Å²) in [5.74, 6) is 2.27. The molecule has 0 saturated carbocycles. The molecule has 0 saturated heterocycles. The maximum absolute atomic E-state index is 5.23. The second kappa shape index (κ2) is 8.36. The van der Waals surface area contributed by atoms with E-state index in [0.29, 0.717) is 5.92 Å². The fraction of sp³-hybridized carbons (Fsp3) is 0.263. The van der Waals surface area contributed by atoms with Crippen LogP contribution in [0.1, 0.15) is 30.9 Å².